The Morgan fingerprint density at radius 1 is 1.46 bits per heavy atom. The first-order valence-electron chi connectivity index (χ1n) is 10.0. The van der Waals surface area contributed by atoms with E-state index in [9.17, 15) is 9.18 Å². The van der Waals surface area contributed by atoms with Gasteiger partial charge < -0.3 is 15.2 Å². The Hall–Kier alpha value is -2.44. The minimum Gasteiger partial charge on any atom is -0.365 e. The van der Waals surface area contributed by atoms with Gasteiger partial charge in [0.2, 0.25) is 5.91 Å². The fraction of sp³-hybridized carbons (Fsp3) is 0.571. The molecule has 1 saturated heterocycles. The molecule has 7 heteroatoms. The summed E-state index contributed by atoms with van der Waals surface area (Å²) in [4.78, 5) is 26.2. The van der Waals surface area contributed by atoms with Gasteiger partial charge in [0.15, 0.2) is 0 Å². The first-order valence-corrected chi connectivity index (χ1v) is 10.0. The number of aromatic amines is 1. The molecule has 28 heavy (non-hydrogen) atoms. The highest BCUT2D eigenvalue weighted by Crippen LogP contribution is 2.56. The molecule has 2 aromatic rings. The molecule has 2 aromatic heterocycles. The van der Waals surface area contributed by atoms with E-state index in [2.05, 4.69) is 40.7 Å². The van der Waals surface area contributed by atoms with Crippen molar-refractivity contribution in [1.82, 2.24) is 19.9 Å². The molecule has 0 spiro atoms. The second kappa shape index (κ2) is 6.87. The monoisotopic (exact) mass is 385 g/mol. The third-order valence-corrected chi connectivity index (χ3v) is 6.24. The van der Waals surface area contributed by atoms with Crippen molar-refractivity contribution in [2.24, 2.45) is 5.92 Å². The minimum atomic E-state index is -1.16. The van der Waals surface area contributed by atoms with Gasteiger partial charge in [-0.05, 0) is 43.7 Å². The Morgan fingerprint density at radius 2 is 2.21 bits per heavy atom. The van der Waals surface area contributed by atoms with Gasteiger partial charge in [-0.1, -0.05) is 20.4 Å². The van der Waals surface area contributed by atoms with Crippen molar-refractivity contribution in [1.29, 1.82) is 0 Å². The highest BCUT2D eigenvalue weighted by Gasteiger charge is 2.53. The summed E-state index contributed by atoms with van der Waals surface area (Å²) < 4.78 is 14.3. The van der Waals surface area contributed by atoms with Gasteiger partial charge in [0.05, 0.1) is 5.39 Å². The van der Waals surface area contributed by atoms with E-state index in [1.165, 1.54) is 12.4 Å². The van der Waals surface area contributed by atoms with Crippen LogP contribution in [0.5, 0.6) is 0 Å². The number of piperidine rings is 1. The van der Waals surface area contributed by atoms with E-state index in [-0.39, 0.29) is 23.9 Å². The zero-order valence-corrected chi connectivity index (χ0v) is 16.7. The number of rotatable bonds is 5. The highest BCUT2D eigenvalue weighted by molar-refractivity contribution is 5.91. The minimum absolute atomic E-state index is 0.0356. The smallest absolute Gasteiger partial charge is 0.246 e. The number of carbonyl (C=O) groups is 1. The maximum Gasteiger partial charge on any atom is 0.246 e. The number of fused-ring (bicyclic) bond motifs is 1. The van der Waals surface area contributed by atoms with Crippen LogP contribution in [0.25, 0.3) is 11.0 Å². The average Bonchev–Trinajstić information content (AvgIpc) is 3.10. The average molecular weight is 385 g/mol. The van der Waals surface area contributed by atoms with Crippen LogP contribution in [0.15, 0.2) is 25.2 Å². The standard InChI is InChI=1S/C21H28FN5O/c1-5-17(28)27-10-13(6-7-16(27)12(2)3)26-20-18-14(15-8-21(15,4)22)9-23-19(18)24-11-25-20/h5,9,11-13,15-16H,1,6-8,10H2,2-4H3,(H2,23,24,25,26)/t13-,15-,16-,21?/m1/s1. The highest BCUT2D eigenvalue weighted by atomic mass is 19.1. The van der Waals surface area contributed by atoms with Crippen LogP contribution in [0.4, 0.5) is 10.2 Å². The molecule has 1 saturated carbocycles. The molecular weight excluding hydrogens is 357 g/mol. The zero-order valence-electron chi connectivity index (χ0n) is 16.7. The topological polar surface area (TPSA) is 73.9 Å². The maximum atomic E-state index is 14.3. The third-order valence-electron chi connectivity index (χ3n) is 6.24. The molecule has 6 nitrogen and oxygen atoms in total. The normalized spacial score (nSPS) is 29.9. The predicted molar refractivity (Wildman–Crippen MR) is 108 cm³/mol. The van der Waals surface area contributed by atoms with Crippen molar-refractivity contribution in [2.75, 3.05) is 11.9 Å². The number of hydrogen-bond acceptors (Lipinski definition) is 4. The van der Waals surface area contributed by atoms with E-state index < -0.39 is 5.67 Å². The molecule has 1 aliphatic carbocycles. The van der Waals surface area contributed by atoms with E-state index in [1.54, 1.807) is 6.92 Å². The van der Waals surface area contributed by atoms with Crippen molar-refractivity contribution in [2.45, 2.75) is 63.7 Å². The van der Waals surface area contributed by atoms with E-state index in [4.69, 9.17) is 0 Å². The Morgan fingerprint density at radius 3 is 2.86 bits per heavy atom. The van der Waals surface area contributed by atoms with E-state index in [0.29, 0.717) is 30.3 Å². The number of H-pyrrole nitrogens is 1. The molecule has 2 aliphatic rings. The van der Waals surface area contributed by atoms with Gasteiger partial charge in [-0.15, -0.1) is 0 Å². The lowest BCUT2D eigenvalue weighted by Gasteiger charge is -2.41. The summed E-state index contributed by atoms with van der Waals surface area (Å²) in [6, 6.07) is 0.297. The number of nitrogens with zero attached hydrogens (tertiary/aromatic N) is 3. The van der Waals surface area contributed by atoms with Gasteiger partial charge in [0.25, 0.3) is 0 Å². The molecule has 4 atom stereocenters. The molecule has 2 N–H and O–H groups in total. The second-order valence-corrected chi connectivity index (χ2v) is 8.65. The van der Waals surface area contributed by atoms with Gasteiger partial charge >= 0.3 is 0 Å². The van der Waals surface area contributed by atoms with Crippen LogP contribution in [-0.4, -0.2) is 50.1 Å². The van der Waals surface area contributed by atoms with Gasteiger partial charge in [-0.25, -0.2) is 14.4 Å². The van der Waals surface area contributed by atoms with Gasteiger partial charge in [0, 0.05) is 30.7 Å². The number of anilines is 1. The molecule has 1 amide bonds. The lowest BCUT2D eigenvalue weighted by molar-refractivity contribution is -0.130. The Balaban J connectivity index is 1.59. The SMILES string of the molecule is C=CC(=O)N1C[C@H](Nc2ncnc3[nH]cc([C@H]4CC4(C)F)c23)CC[C@@H]1C(C)C. The van der Waals surface area contributed by atoms with Crippen LogP contribution in [0.2, 0.25) is 0 Å². The van der Waals surface area contributed by atoms with Crippen LogP contribution in [0.3, 0.4) is 0 Å². The van der Waals surface area contributed by atoms with E-state index in [0.717, 1.165) is 23.8 Å². The summed E-state index contributed by atoms with van der Waals surface area (Å²) >= 11 is 0. The molecule has 0 radical (unpaired) electrons. The molecular formula is C21H28FN5O. The van der Waals surface area contributed by atoms with Crippen LogP contribution < -0.4 is 5.32 Å². The molecule has 2 fully saturated rings. The fourth-order valence-corrected chi connectivity index (χ4v) is 4.51. The first kappa shape index (κ1) is 18.9. The number of halogens is 1. The molecule has 0 bridgehead atoms. The number of nitrogens with one attached hydrogen (secondary N) is 2. The summed E-state index contributed by atoms with van der Waals surface area (Å²) in [5, 5.41) is 4.37. The first-order chi connectivity index (χ1) is 13.3. The van der Waals surface area contributed by atoms with Crippen molar-refractivity contribution >= 4 is 22.8 Å². The summed E-state index contributed by atoms with van der Waals surface area (Å²) in [6.07, 6.45) is 7.14. The fourth-order valence-electron chi connectivity index (χ4n) is 4.51. The van der Waals surface area contributed by atoms with Crippen molar-refractivity contribution in [3.63, 3.8) is 0 Å². The molecule has 0 aromatic carbocycles. The Bertz CT molecular complexity index is 905. The Kier molecular flexibility index (Phi) is 4.63. The summed E-state index contributed by atoms with van der Waals surface area (Å²) in [5.41, 5.74) is 0.480. The van der Waals surface area contributed by atoms with Crippen molar-refractivity contribution < 1.29 is 9.18 Å². The number of alkyl halides is 1. The van der Waals surface area contributed by atoms with Gasteiger partial charge in [-0.2, -0.15) is 0 Å². The van der Waals surface area contributed by atoms with E-state index in [1.807, 2.05) is 11.1 Å². The molecule has 3 heterocycles. The largest absolute Gasteiger partial charge is 0.365 e. The number of hydrogen-bond donors (Lipinski definition) is 2. The lowest BCUT2D eigenvalue weighted by Crippen LogP contribution is -2.52. The maximum absolute atomic E-state index is 14.3. The Labute approximate surface area is 164 Å². The molecule has 150 valence electrons. The van der Waals surface area contributed by atoms with E-state index >= 15 is 0 Å². The van der Waals surface area contributed by atoms with Crippen LogP contribution in [0.1, 0.15) is 51.5 Å². The van der Waals surface area contributed by atoms with Gasteiger partial charge in [0.1, 0.15) is 23.5 Å². The van der Waals surface area contributed by atoms with Crippen LogP contribution in [-0.2, 0) is 4.79 Å². The third kappa shape index (κ3) is 3.27. The van der Waals surface area contributed by atoms with Crippen LogP contribution in [0, 0.1) is 5.92 Å². The zero-order chi connectivity index (χ0) is 20.1. The number of carbonyl (C=O) groups excluding carboxylic acids is 1. The predicted octanol–water partition coefficient (Wildman–Crippen LogP) is 3.79. The van der Waals surface area contributed by atoms with Crippen molar-refractivity contribution in [3.05, 3.63) is 30.7 Å². The number of aromatic nitrogens is 3. The number of amides is 1. The van der Waals surface area contributed by atoms with Gasteiger partial charge in [-0.3, -0.25) is 4.79 Å². The summed E-state index contributed by atoms with van der Waals surface area (Å²) in [7, 11) is 0. The second-order valence-electron chi connectivity index (χ2n) is 8.65. The quantitative estimate of drug-likeness (QED) is 0.768. The summed E-state index contributed by atoms with van der Waals surface area (Å²) in [5.74, 6) is 0.946. The lowest BCUT2D eigenvalue weighted by atomic mass is 9.90. The molecule has 4 rings (SSSR count). The number of likely N-dealkylation sites (tertiary alicyclic amines) is 1. The molecule has 1 unspecified atom stereocenters. The molecule has 1 aliphatic heterocycles. The van der Waals surface area contributed by atoms with Crippen LogP contribution >= 0.6 is 0 Å². The van der Waals surface area contributed by atoms with Crippen molar-refractivity contribution in [3.8, 4) is 0 Å². The summed E-state index contributed by atoms with van der Waals surface area (Å²) in [6.45, 7) is 10.2.